The molecule has 0 radical (unpaired) electrons. The van der Waals surface area contributed by atoms with Crippen molar-refractivity contribution < 1.29 is 0 Å². The number of aryl methyl sites for hydroxylation is 2. The van der Waals surface area contributed by atoms with Crippen molar-refractivity contribution >= 4 is 11.5 Å². The van der Waals surface area contributed by atoms with E-state index in [1.165, 1.54) is 24.0 Å². The topological polar surface area (TPSA) is 50.4 Å². The van der Waals surface area contributed by atoms with Crippen LogP contribution in [0.15, 0.2) is 53.5 Å². The van der Waals surface area contributed by atoms with Crippen LogP contribution in [-0.4, -0.2) is 5.84 Å². The second-order valence-corrected chi connectivity index (χ2v) is 4.78. The Morgan fingerprint density at radius 2 is 1.79 bits per heavy atom. The quantitative estimate of drug-likeness (QED) is 0.373. The number of benzene rings is 2. The first kappa shape index (κ1) is 11.9. The van der Waals surface area contributed by atoms with Gasteiger partial charge in [0.05, 0.1) is 5.69 Å². The normalized spacial score (nSPS) is 14.3. The molecule has 1 aliphatic rings. The molecule has 2 aromatic carbocycles. The van der Waals surface area contributed by atoms with Gasteiger partial charge in [-0.3, -0.25) is 0 Å². The van der Waals surface area contributed by atoms with Crippen molar-refractivity contribution in [2.24, 2.45) is 10.8 Å². The molecular formula is C16H17N3. The molecule has 2 aromatic rings. The van der Waals surface area contributed by atoms with Gasteiger partial charge in [-0.15, -0.1) is 0 Å². The molecule has 0 heterocycles. The number of hydrogen-bond acceptors (Lipinski definition) is 2. The number of aliphatic imine (C=N–C) groups is 1. The van der Waals surface area contributed by atoms with Crippen LogP contribution in [-0.2, 0) is 12.8 Å². The van der Waals surface area contributed by atoms with Gasteiger partial charge in [0, 0.05) is 5.56 Å². The highest BCUT2D eigenvalue weighted by Gasteiger charge is 2.12. The molecule has 0 unspecified atom stereocenters. The maximum atomic E-state index is 5.62. The summed E-state index contributed by atoms with van der Waals surface area (Å²) in [5, 5.41) is 0. The lowest BCUT2D eigenvalue weighted by atomic mass is 10.1. The zero-order chi connectivity index (χ0) is 13.1. The average molecular weight is 251 g/mol. The van der Waals surface area contributed by atoms with Gasteiger partial charge >= 0.3 is 0 Å². The van der Waals surface area contributed by atoms with E-state index in [9.17, 15) is 0 Å². The van der Waals surface area contributed by atoms with E-state index in [4.69, 9.17) is 5.84 Å². The number of hydrogen-bond donors (Lipinski definition) is 2. The van der Waals surface area contributed by atoms with Gasteiger partial charge in [-0.25, -0.2) is 10.8 Å². The van der Waals surface area contributed by atoms with Crippen LogP contribution in [0.25, 0.3) is 0 Å². The summed E-state index contributed by atoms with van der Waals surface area (Å²) < 4.78 is 0. The van der Waals surface area contributed by atoms with E-state index in [0.29, 0.717) is 5.84 Å². The highest BCUT2D eigenvalue weighted by atomic mass is 15.2. The minimum Gasteiger partial charge on any atom is -0.308 e. The third kappa shape index (κ3) is 2.51. The Balaban J connectivity index is 1.96. The van der Waals surface area contributed by atoms with Gasteiger partial charge in [0.2, 0.25) is 0 Å². The van der Waals surface area contributed by atoms with Crippen LogP contribution in [0.2, 0.25) is 0 Å². The van der Waals surface area contributed by atoms with Crippen LogP contribution >= 0.6 is 0 Å². The lowest BCUT2D eigenvalue weighted by Crippen LogP contribution is -2.31. The lowest BCUT2D eigenvalue weighted by molar-refractivity contribution is 0.911. The first-order valence-corrected chi connectivity index (χ1v) is 6.59. The molecule has 0 aliphatic heterocycles. The molecule has 0 atom stereocenters. The Labute approximate surface area is 113 Å². The maximum absolute atomic E-state index is 5.62. The number of hydrazine groups is 1. The molecule has 3 rings (SSSR count). The van der Waals surface area contributed by atoms with Gasteiger partial charge < -0.3 is 5.43 Å². The number of fused-ring (bicyclic) bond motifs is 1. The number of amidine groups is 1. The van der Waals surface area contributed by atoms with Crippen molar-refractivity contribution in [1.29, 1.82) is 0 Å². The van der Waals surface area contributed by atoms with Crippen LogP contribution in [0.3, 0.4) is 0 Å². The third-order valence-corrected chi connectivity index (χ3v) is 3.51. The molecular weight excluding hydrogens is 234 g/mol. The fourth-order valence-electron chi connectivity index (χ4n) is 2.53. The predicted molar refractivity (Wildman–Crippen MR) is 78.4 cm³/mol. The first-order valence-electron chi connectivity index (χ1n) is 6.59. The van der Waals surface area contributed by atoms with Gasteiger partial charge in [-0.2, -0.15) is 0 Å². The summed E-state index contributed by atoms with van der Waals surface area (Å²) in [5.41, 5.74) is 7.54. The van der Waals surface area contributed by atoms with Crippen LogP contribution in [0, 0.1) is 0 Å². The monoisotopic (exact) mass is 251 g/mol. The van der Waals surface area contributed by atoms with E-state index >= 15 is 0 Å². The summed E-state index contributed by atoms with van der Waals surface area (Å²) in [6.07, 6.45) is 3.60. The third-order valence-electron chi connectivity index (χ3n) is 3.51. The second kappa shape index (κ2) is 5.24. The van der Waals surface area contributed by atoms with Crippen molar-refractivity contribution in [3.05, 3.63) is 65.2 Å². The lowest BCUT2D eigenvalue weighted by Gasteiger charge is -2.08. The molecule has 3 N–H and O–H groups in total. The SMILES string of the molecule is NNC(=Nc1ccccc1)c1ccc2c(c1)CCC2. The van der Waals surface area contributed by atoms with E-state index in [1.54, 1.807) is 0 Å². The fourth-order valence-corrected chi connectivity index (χ4v) is 2.53. The van der Waals surface area contributed by atoms with Crippen LogP contribution in [0.4, 0.5) is 5.69 Å². The van der Waals surface area contributed by atoms with E-state index in [-0.39, 0.29) is 0 Å². The van der Waals surface area contributed by atoms with Crippen LogP contribution in [0.1, 0.15) is 23.1 Å². The Kier molecular flexibility index (Phi) is 3.29. The van der Waals surface area contributed by atoms with E-state index in [2.05, 4.69) is 28.6 Å². The summed E-state index contributed by atoms with van der Waals surface area (Å²) in [6, 6.07) is 16.3. The Hall–Kier alpha value is -2.13. The maximum Gasteiger partial charge on any atom is 0.147 e. The molecule has 0 bridgehead atoms. The van der Waals surface area contributed by atoms with Gasteiger partial charge in [0.15, 0.2) is 0 Å². The molecule has 3 heteroatoms. The first-order chi connectivity index (χ1) is 9.36. The molecule has 0 aromatic heterocycles. The van der Waals surface area contributed by atoms with Crippen LogP contribution < -0.4 is 11.3 Å². The van der Waals surface area contributed by atoms with Crippen molar-refractivity contribution in [1.82, 2.24) is 5.43 Å². The van der Waals surface area contributed by atoms with E-state index in [1.807, 2.05) is 30.3 Å². The van der Waals surface area contributed by atoms with Crippen molar-refractivity contribution in [2.45, 2.75) is 19.3 Å². The van der Waals surface area contributed by atoms with Crippen molar-refractivity contribution in [3.8, 4) is 0 Å². The van der Waals surface area contributed by atoms with Crippen molar-refractivity contribution in [3.63, 3.8) is 0 Å². The summed E-state index contributed by atoms with van der Waals surface area (Å²) in [5.74, 6) is 6.33. The molecule has 0 amide bonds. The number of nitrogens with one attached hydrogen (secondary N) is 1. The van der Waals surface area contributed by atoms with Gasteiger partial charge in [0.25, 0.3) is 0 Å². The zero-order valence-corrected chi connectivity index (χ0v) is 10.8. The minimum absolute atomic E-state index is 0.709. The minimum atomic E-state index is 0.709. The summed E-state index contributed by atoms with van der Waals surface area (Å²) in [7, 11) is 0. The summed E-state index contributed by atoms with van der Waals surface area (Å²) in [6.45, 7) is 0. The molecule has 3 nitrogen and oxygen atoms in total. The smallest absolute Gasteiger partial charge is 0.147 e. The Bertz CT molecular complexity index is 603. The second-order valence-electron chi connectivity index (χ2n) is 4.78. The van der Waals surface area contributed by atoms with Gasteiger partial charge in [-0.1, -0.05) is 30.3 Å². The molecule has 96 valence electrons. The Morgan fingerprint density at radius 3 is 2.58 bits per heavy atom. The highest BCUT2D eigenvalue weighted by Crippen LogP contribution is 2.23. The molecule has 0 spiro atoms. The van der Waals surface area contributed by atoms with E-state index in [0.717, 1.165) is 17.7 Å². The average Bonchev–Trinajstić information content (AvgIpc) is 2.93. The van der Waals surface area contributed by atoms with Gasteiger partial charge in [0.1, 0.15) is 5.84 Å². The number of rotatable bonds is 2. The Morgan fingerprint density at radius 1 is 1.00 bits per heavy atom. The predicted octanol–water partition coefficient (Wildman–Crippen LogP) is 2.72. The van der Waals surface area contributed by atoms with Crippen molar-refractivity contribution in [2.75, 3.05) is 0 Å². The summed E-state index contributed by atoms with van der Waals surface area (Å²) in [4.78, 5) is 4.55. The molecule has 0 fully saturated rings. The number of para-hydroxylation sites is 1. The van der Waals surface area contributed by atoms with Crippen LogP contribution in [0.5, 0.6) is 0 Å². The largest absolute Gasteiger partial charge is 0.308 e. The fraction of sp³-hybridized carbons (Fsp3) is 0.188. The molecule has 19 heavy (non-hydrogen) atoms. The van der Waals surface area contributed by atoms with E-state index < -0.39 is 0 Å². The summed E-state index contributed by atoms with van der Waals surface area (Å²) >= 11 is 0. The van der Waals surface area contributed by atoms with Gasteiger partial charge in [-0.05, 0) is 48.6 Å². The standard InChI is InChI=1S/C16H17N3/c17-19-16(18-15-7-2-1-3-8-15)14-10-9-12-5-4-6-13(12)11-14/h1-3,7-11H,4-6,17H2,(H,18,19). The zero-order valence-electron chi connectivity index (χ0n) is 10.8. The molecule has 1 aliphatic carbocycles. The molecule has 0 saturated heterocycles. The number of nitrogens with zero attached hydrogens (tertiary/aromatic N) is 1. The highest BCUT2D eigenvalue weighted by molar-refractivity contribution is 6.00. The number of nitrogens with two attached hydrogens (primary N) is 1. The molecule has 0 saturated carbocycles.